The molecular formula is C12H24N2. The summed E-state index contributed by atoms with van der Waals surface area (Å²) in [6.07, 6.45) is 8.25. The molecule has 2 heteroatoms. The molecule has 0 amide bonds. The zero-order valence-corrected chi connectivity index (χ0v) is 9.47. The van der Waals surface area contributed by atoms with Crippen molar-refractivity contribution in [1.29, 1.82) is 0 Å². The van der Waals surface area contributed by atoms with Crippen LogP contribution in [0.2, 0.25) is 0 Å². The summed E-state index contributed by atoms with van der Waals surface area (Å²) >= 11 is 0. The van der Waals surface area contributed by atoms with E-state index in [-0.39, 0.29) is 0 Å². The normalized spacial score (nSPS) is 31.7. The molecule has 1 heterocycles. The second-order valence-corrected chi connectivity index (χ2v) is 5.39. The summed E-state index contributed by atoms with van der Waals surface area (Å²) in [5, 5.41) is 0. The maximum atomic E-state index is 6.00. The fraction of sp³-hybridized carbons (Fsp3) is 1.00. The summed E-state index contributed by atoms with van der Waals surface area (Å²) in [5.41, 5.74) is 6.71. The van der Waals surface area contributed by atoms with Gasteiger partial charge in [-0.2, -0.15) is 0 Å². The molecule has 1 aliphatic carbocycles. The van der Waals surface area contributed by atoms with Crippen LogP contribution in [0.15, 0.2) is 0 Å². The predicted molar refractivity (Wildman–Crippen MR) is 60.2 cm³/mol. The lowest BCUT2D eigenvalue weighted by Crippen LogP contribution is -2.45. The number of nitrogens with two attached hydrogens (primary N) is 1. The summed E-state index contributed by atoms with van der Waals surface area (Å²) in [7, 11) is 0. The van der Waals surface area contributed by atoms with Crippen molar-refractivity contribution in [2.24, 2.45) is 11.1 Å². The standard InChI is InChI=1S/C12H24N2/c1-2-5-12(6-7-12)10-14-8-3-4-11(13)9-14/h11H,2-10,13H2,1H3. The molecule has 0 radical (unpaired) electrons. The Morgan fingerprint density at radius 2 is 2.21 bits per heavy atom. The molecule has 1 atom stereocenters. The zero-order valence-electron chi connectivity index (χ0n) is 9.47. The van der Waals surface area contributed by atoms with Crippen LogP contribution in [-0.2, 0) is 0 Å². The van der Waals surface area contributed by atoms with Gasteiger partial charge in [0.1, 0.15) is 0 Å². The molecule has 2 N–H and O–H groups in total. The smallest absolute Gasteiger partial charge is 0.0168 e. The Bertz CT molecular complexity index is 187. The molecule has 2 aliphatic rings. The van der Waals surface area contributed by atoms with Crippen molar-refractivity contribution in [2.75, 3.05) is 19.6 Å². The van der Waals surface area contributed by atoms with Crippen molar-refractivity contribution in [3.63, 3.8) is 0 Å². The minimum atomic E-state index is 0.446. The Kier molecular flexibility index (Phi) is 3.13. The minimum Gasteiger partial charge on any atom is -0.327 e. The first kappa shape index (κ1) is 10.4. The number of piperidine rings is 1. The van der Waals surface area contributed by atoms with Gasteiger partial charge in [0.05, 0.1) is 0 Å². The largest absolute Gasteiger partial charge is 0.327 e. The topological polar surface area (TPSA) is 29.3 Å². The lowest BCUT2D eigenvalue weighted by atomic mass is 9.98. The Hall–Kier alpha value is -0.0800. The highest BCUT2D eigenvalue weighted by atomic mass is 15.2. The quantitative estimate of drug-likeness (QED) is 0.745. The van der Waals surface area contributed by atoms with Crippen LogP contribution in [0.1, 0.15) is 45.4 Å². The SMILES string of the molecule is CCCC1(CN2CCCC(N)C2)CC1. The van der Waals surface area contributed by atoms with Crippen LogP contribution in [0.5, 0.6) is 0 Å². The molecule has 0 aromatic rings. The van der Waals surface area contributed by atoms with E-state index >= 15 is 0 Å². The van der Waals surface area contributed by atoms with Gasteiger partial charge in [0.2, 0.25) is 0 Å². The van der Waals surface area contributed by atoms with E-state index < -0.39 is 0 Å². The van der Waals surface area contributed by atoms with Crippen LogP contribution in [-0.4, -0.2) is 30.6 Å². The molecule has 2 rings (SSSR count). The average molecular weight is 196 g/mol. The van der Waals surface area contributed by atoms with E-state index in [9.17, 15) is 0 Å². The first-order chi connectivity index (χ1) is 6.74. The van der Waals surface area contributed by atoms with Crippen molar-refractivity contribution < 1.29 is 0 Å². The van der Waals surface area contributed by atoms with E-state index in [4.69, 9.17) is 5.73 Å². The Labute approximate surface area is 87.8 Å². The molecule has 14 heavy (non-hydrogen) atoms. The highest BCUT2D eigenvalue weighted by Gasteiger charge is 2.42. The second-order valence-electron chi connectivity index (χ2n) is 5.39. The molecular weight excluding hydrogens is 172 g/mol. The number of hydrogen-bond acceptors (Lipinski definition) is 2. The molecule has 1 aliphatic heterocycles. The minimum absolute atomic E-state index is 0.446. The van der Waals surface area contributed by atoms with Crippen molar-refractivity contribution >= 4 is 0 Å². The van der Waals surface area contributed by atoms with E-state index in [0.29, 0.717) is 11.5 Å². The van der Waals surface area contributed by atoms with E-state index in [1.165, 1.54) is 51.6 Å². The van der Waals surface area contributed by atoms with Gasteiger partial charge in [-0.3, -0.25) is 0 Å². The van der Waals surface area contributed by atoms with Crippen LogP contribution in [0.4, 0.5) is 0 Å². The van der Waals surface area contributed by atoms with Gasteiger partial charge in [-0.15, -0.1) is 0 Å². The molecule has 0 spiro atoms. The van der Waals surface area contributed by atoms with Gasteiger partial charge >= 0.3 is 0 Å². The maximum absolute atomic E-state index is 6.00. The van der Waals surface area contributed by atoms with Gasteiger partial charge in [0.25, 0.3) is 0 Å². The first-order valence-electron chi connectivity index (χ1n) is 6.22. The molecule has 1 saturated carbocycles. The van der Waals surface area contributed by atoms with E-state index in [2.05, 4.69) is 11.8 Å². The van der Waals surface area contributed by atoms with E-state index in [0.717, 1.165) is 6.54 Å². The summed E-state index contributed by atoms with van der Waals surface area (Å²) in [6, 6.07) is 0.446. The average Bonchev–Trinajstić information content (AvgIpc) is 2.85. The molecule has 0 aromatic carbocycles. The highest BCUT2D eigenvalue weighted by molar-refractivity contribution is 4.96. The number of rotatable bonds is 4. The monoisotopic (exact) mass is 196 g/mol. The van der Waals surface area contributed by atoms with Gasteiger partial charge in [0, 0.05) is 19.1 Å². The molecule has 0 bridgehead atoms. The second kappa shape index (κ2) is 4.19. The molecule has 1 unspecified atom stereocenters. The summed E-state index contributed by atoms with van der Waals surface area (Å²) in [5.74, 6) is 0. The molecule has 2 fully saturated rings. The Balaban J connectivity index is 1.79. The fourth-order valence-electron chi connectivity index (χ4n) is 2.90. The highest BCUT2D eigenvalue weighted by Crippen LogP contribution is 2.50. The summed E-state index contributed by atoms with van der Waals surface area (Å²) in [4.78, 5) is 2.61. The van der Waals surface area contributed by atoms with Crippen molar-refractivity contribution in [1.82, 2.24) is 4.90 Å². The van der Waals surface area contributed by atoms with Crippen molar-refractivity contribution in [3.8, 4) is 0 Å². The molecule has 2 nitrogen and oxygen atoms in total. The summed E-state index contributed by atoms with van der Waals surface area (Å²) < 4.78 is 0. The van der Waals surface area contributed by atoms with Gasteiger partial charge in [0.15, 0.2) is 0 Å². The lowest BCUT2D eigenvalue weighted by molar-refractivity contribution is 0.166. The van der Waals surface area contributed by atoms with Gasteiger partial charge in [-0.25, -0.2) is 0 Å². The van der Waals surface area contributed by atoms with Crippen LogP contribution >= 0.6 is 0 Å². The summed E-state index contributed by atoms with van der Waals surface area (Å²) in [6.45, 7) is 6.07. The molecule has 1 saturated heterocycles. The van der Waals surface area contributed by atoms with Crippen molar-refractivity contribution in [3.05, 3.63) is 0 Å². The lowest BCUT2D eigenvalue weighted by Gasteiger charge is -2.33. The van der Waals surface area contributed by atoms with E-state index in [1.54, 1.807) is 0 Å². The van der Waals surface area contributed by atoms with E-state index in [1.807, 2.05) is 0 Å². The predicted octanol–water partition coefficient (Wildman–Crippen LogP) is 1.99. The van der Waals surface area contributed by atoms with Gasteiger partial charge < -0.3 is 10.6 Å². The van der Waals surface area contributed by atoms with Crippen molar-refractivity contribution in [2.45, 2.75) is 51.5 Å². The maximum Gasteiger partial charge on any atom is 0.0168 e. The third kappa shape index (κ3) is 2.48. The number of hydrogen-bond donors (Lipinski definition) is 1. The van der Waals surface area contributed by atoms with Crippen LogP contribution < -0.4 is 5.73 Å². The van der Waals surface area contributed by atoms with Crippen LogP contribution in [0, 0.1) is 5.41 Å². The van der Waals surface area contributed by atoms with Gasteiger partial charge in [-0.05, 0) is 44.1 Å². The zero-order chi connectivity index (χ0) is 10.0. The first-order valence-corrected chi connectivity index (χ1v) is 6.22. The fourth-order valence-corrected chi connectivity index (χ4v) is 2.90. The van der Waals surface area contributed by atoms with Crippen LogP contribution in [0.3, 0.4) is 0 Å². The number of likely N-dealkylation sites (tertiary alicyclic amines) is 1. The Morgan fingerprint density at radius 3 is 2.79 bits per heavy atom. The van der Waals surface area contributed by atoms with Crippen LogP contribution in [0.25, 0.3) is 0 Å². The molecule has 0 aromatic heterocycles. The third-order valence-electron chi connectivity index (χ3n) is 3.84. The van der Waals surface area contributed by atoms with Gasteiger partial charge in [-0.1, -0.05) is 13.3 Å². The molecule has 82 valence electrons. The third-order valence-corrected chi connectivity index (χ3v) is 3.84. The number of nitrogens with zero attached hydrogens (tertiary/aromatic N) is 1. The Morgan fingerprint density at radius 1 is 1.43 bits per heavy atom.